The van der Waals surface area contributed by atoms with E-state index < -0.39 is 0 Å². The van der Waals surface area contributed by atoms with Crippen LogP contribution in [0, 0.1) is 5.92 Å². The first-order valence-electron chi connectivity index (χ1n) is 9.10. The first-order chi connectivity index (χ1) is 12.7. The van der Waals surface area contributed by atoms with Gasteiger partial charge < -0.3 is 20.0 Å². The number of hydrogen-bond donors (Lipinski definition) is 2. The quantitative estimate of drug-likeness (QED) is 0.883. The van der Waals surface area contributed by atoms with Gasteiger partial charge in [-0.25, -0.2) is 0 Å². The van der Waals surface area contributed by atoms with Crippen LogP contribution in [0.3, 0.4) is 0 Å². The molecule has 2 amide bonds. The molecule has 3 aliphatic rings. The van der Waals surface area contributed by atoms with Gasteiger partial charge in [0.15, 0.2) is 5.76 Å². The number of carbonyl (C=O) groups excluding carboxylic acids is 2. The minimum Gasteiger partial charge on any atom is -0.451 e. The Hall–Kier alpha value is -2.60. The van der Waals surface area contributed by atoms with E-state index in [9.17, 15) is 9.59 Å². The second kappa shape index (κ2) is 6.96. The second-order valence-corrected chi connectivity index (χ2v) is 7.01. The van der Waals surface area contributed by atoms with Crippen LogP contribution in [0.1, 0.15) is 33.8 Å². The van der Waals surface area contributed by atoms with Crippen LogP contribution >= 0.6 is 0 Å². The van der Waals surface area contributed by atoms with E-state index in [1.165, 1.54) is 0 Å². The highest BCUT2D eigenvalue weighted by molar-refractivity contribution is 6.00. The Morgan fingerprint density at radius 1 is 1.08 bits per heavy atom. The minimum absolute atomic E-state index is 0.185. The van der Waals surface area contributed by atoms with Crippen molar-refractivity contribution in [3.63, 3.8) is 0 Å². The summed E-state index contributed by atoms with van der Waals surface area (Å²) in [6, 6.07) is 10.8. The zero-order chi connectivity index (χ0) is 18.1. The van der Waals surface area contributed by atoms with E-state index >= 15 is 0 Å². The predicted molar refractivity (Wildman–Crippen MR) is 98.0 cm³/mol. The first kappa shape index (κ1) is 16.8. The molecule has 3 saturated heterocycles. The standard InChI is InChI=1S/C20H23N3O3/c1-21-19(24)15-5-3-2-4-14(15)17-6-7-18(26-17)20(25)22-16-12-23-10-8-13(16)9-11-23/h2-7,13,16H,8-12H2,1H3,(H,21,24)(H,22,25). The number of hydrogen-bond acceptors (Lipinski definition) is 4. The van der Waals surface area contributed by atoms with Crippen LogP contribution in [0.25, 0.3) is 11.3 Å². The number of piperidine rings is 3. The van der Waals surface area contributed by atoms with E-state index in [1.54, 1.807) is 31.3 Å². The summed E-state index contributed by atoms with van der Waals surface area (Å²) in [4.78, 5) is 27.1. The Balaban J connectivity index is 1.51. The maximum Gasteiger partial charge on any atom is 0.287 e. The molecule has 3 fully saturated rings. The molecule has 1 aromatic heterocycles. The fourth-order valence-corrected chi connectivity index (χ4v) is 4.00. The number of fused-ring (bicyclic) bond motifs is 3. The van der Waals surface area contributed by atoms with Gasteiger partial charge in [-0.15, -0.1) is 0 Å². The fourth-order valence-electron chi connectivity index (χ4n) is 4.00. The fraction of sp³-hybridized carbons (Fsp3) is 0.400. The van der Waals surface area contributed by atoms with Gasteiger partial charge in [0.2, 0.25) is 0 Å². The number of nitrogens with zero attached hydrogens (tertiary/aromatic N) is 1. The summed E-state index contributed by atoms with van der Waals surface area (Å²) in [6.45, 7) is 3.19. The van der Waals surface area contributed by atoms with Gasteiger partial charge >= 0.3 is 0 Å². The van der Waals surface area contributed by atoms with Crippen molar-refractivity contribution < 1.29 is 14.0 Å². The Labute approximate surface area is 152 Å². The summed E-state index contributed by atoms with van der Waals surface area (Å²) >= 11 is 0. The number of benzene rings is 1. The van der Waals surface area contributed by atoms with Crippen molar-refractivity contribution in [3.05, 3.63) is 47.7 Å². The molecule has 2 bridgehead atoms. The van der Waals surface area contributed by atoms with Gasteiger partial charge in [-0.05, 0) is 50.0 Å². The summed E-state index contributed by atoms with van der Waals surface area (Å²) in [5, 5.41) is 5.75. The molecular weight excluding hydrogens is 330 g/mol. The van der Waals surface area contributed by atoms with E-state index in [1.807, 2.05) is 12.1 Å². The molecule has 6 nitrogen and oxygen atoms in total. The lowest BCUT2D eigenvalue weighted by Crippen LogP contribution is -2.57. The third-order valence-electron chi connectivity index (χ3n) is 5.47. The van der Waals surface area contributed by atoms with Crippen molar-refractivity contribution in [1.82, 2.24) is 15.5 Å². The van der Waals surface area contributed by atoms with Crippen molar-refractivity contribution in [3.8, 4) is 11.3 Å². The van der Waals surface area contributed by atoms with Crippen molar-refractivity contribution in [2.45, 2.75) is 18.9 Å². The molecule has 1 atom stereocenters. The van der Waals surface area contributed by atoms with Crippen molar-refractivity contribution in [2.75, 3.05) is 26.7 Å². The van der Waals surface area contributed by atoms with Crippen LogP contribution in [0.4, 0.5) is 0 Å². The zero-order valence-electron chi connectivity index (χ0n) is 14.8. The van der Waals surface area contributed by atoms with Crippen molar-refractivity contribution >= 4 is 11.8 Å². The SMILES string of the molecule is CNC(=O)c1ccccc1-c1ccc(C(=O)NC2CN3CCC2CC3)o1. The van der Waals surface area contributed by atoms with Crippen LogP contribution in [0.5, 0.6) is 0 Å². The van der Waals surface area contributed by atoms with E-state index in [-0.39, 0.29) is 23.6 Å². The van der Waals surface area contributed by atoms with Crippen LogP contribution < -0.4 is 10.6 Å². The van der Waals surface area contributed by atoms with Gasteiger partial charge in [0, 0.05) is 25.2 Å². The summed E-state index contributed by atoms with van der Waals surface area (Å²) in [5.41, 5.74) is 1.20. The highest BCUT2D eigenvalue weighted by atomic mass is 16.4. The molecule has 3 aliphatic heterocycles. The summed E-state index contributed by atoms with van der Waals surface area (Å²) in [7, 11) is 1.59. The minimum atomic E-state index is -0.188. The maximum atomic E-state index is 12.6. The molecule has 5 rings (SSSR count). The Kier molecular flexibility index (Phi) is 4.51. The van der Waals surface area contributed by atoms with Crippen LogP contribution in [-0.2, 0) is 0 Å². The Morgan fingerprint density at radius 3 is 2.54 bits per heavy atom. The van der Waals surface area contributed by atoms with E-state index in [0.717, 1.165) is 32.5 Å². The third-order valence-corrected chi connectivity index (χ3v) is 5.47. The smallest absolute Gasteiger partial charge is 0.287 e. The van der Waals surface area contributed by atoms with Crippen LogP contribution in [0.15, 0.2) is 40.8 Å². The zero-order valence-corrected chi connectivity index (χ0v) is 14.8. The lowest BCUT2D eigenvalue weighted by Gasteiger charge is -2.44. The highest BCUT2D eigenvalue weighted by Gasteiger charge is 2.35. The first-order valence-corrected chi connectivity index (χ1v) is 9.10. The monoisotopic (exact) mass is 353 g/mol. The van der Waals surface area contributed by atoms with Crippen molar-refractivity contribution in [1.29, 1.82) is 0 Å². The summed E-state index contributed by atoms with van der Waals surface area (Å²) in [5.74, 6) is 0.987. The molecule has 0 aliphatic carbocycles. The van der Waals surface area contributed by atoms with Gasteiger partial charge in [-0.3, -0.25) is 9.59 Å². The van der Waals surface area contributed by atoms with Crippen LogP contribution in [-0.4, -0.2) is 49.4 Å². The molecule has 0 saturated carbocycles. The molecule has 0 radical (unpaired) electrons. The largest absolute Gasteiger partial charge is 0.451 e. The molecule has 2 aromatic rings. The van der Waals surface area contributed by atoms with Gasteiger partial charge in [0.05, 0.1) is 5.56 Å². The maximum absolute atomic E-state index is 12.6. The summed E-state index contributed by atoms with van der Waals surface area (Å²) in [6.07, 6.45) is 2.29. The highest BCUT2D eigenvalue weighted by Crippen LogP contribution is 2.29. The Bertz CT molecular complexity index is 821. The summed E-state index contributed by atoms with van der Waals surface area (Å²) < 4.78 is 5.78. The van der Waals surface area contributed by atoms with Gasteiger partial charge in [-0.1, -0.05) is 18.2 Å². The van der Waals surface area contributed by atoms with Gasteiger partial charge in [-0.2, -0.15) is 0 Å². The molecule has 1 aromatic carbocycles. The molecular formula is C20H23N3O3. The lowest BCUT2D eigenvalue weighted by molar-refractivity contribution is 0.0606. The van der Waals surface area contributed by atoms with Crippen molar-refractivity contribution in [2.24, 2.45) is 5.92 Å². The lowest BCUT2D eigenvalue weighted by atomic mass is 9.84. The molecule has 136 valence electrons. The molecule has 26 heavy (non-hydrogen) atoms. The average molecular weight is 353 g/mol. The topological polar surface area (TPSA) is 74.6 Å². The average Bonchev–Trinajstić information content (AvgIpc) is 3.18. The van der Waals surface area contributed by atoms with E-state index in [4.69, 9.17) is 4.42 Å². The number of carbonyl (C=O) groups is 2. The van der Waals surface area contributed by atoms with E-state index in [2.05, 4.69) is 15.5 Å². The normalized spacial score (nSPS) is 24.3. The van der Waals surface area contributed by atoms with E-state index in [0.29, 0.717) is 22.8 Å². The van der Waals surface area contributed by atoms with Gasteiger partial charge in [0.25, 0.3) is 11.8 Å². The molecule has 4 heterocycles. The number of amides is 2. The number of nitrogens with one attached hydrogen (secondary N) is 2. The molecule has 0 spiro atoms. The number of rotatable bonds is 4. The third kappa shape index (κ3) is 3.12. The second-order valence-electron chi connectivity index (χ2n) is 7.01. The Morgan fingerprint density at radius 2 is 1.85 bits per heavy atom. The van der Waals surface area contributed by atoms with Gasteiger partial charge in [0.1, 0.15) is 5.76 Å². The molecule has 1 unspecified atom stereocenters. The molecule has 2 N–H and O–H groups in total. The van der Waals surface area contributed by atoms with Crippen LogP contribution in [0.2, 0.25) is 0 Å². The number of furan rings is 1. The predicted octanol–water partition coefficient (Wildman–Crippen LogP) is 2.13. The molecule has 6 heteroatoms.